The van der Waals surface area contributed by atoms with Crippen LogP contribution >= 0.6 is 23.2 Å². The van der Waals surface area contributed by atoms with Crippen LogP contribution in [0.4, 0.5) is 16.2 Å². The van der Waals surface area contributed by atoms with E-state index in [1.165, 1.54) is 4.68 Å². The van der Waals surface area contributed by atoms with Crippen molar-refractivity contribution in [2.45, 2.75) is 6.92 Å². The number of rotatable bonds is 5. The van der Waals surface area contributed by atoms with Gasteiger partial charge in [-0.05, 0) is 49.4 Å². The first-order valence-electron chi connectivity index (χ1n) is 8.43. The maximum absolute atomic E-state index is 12.5. The van der Waals surface area contributed by atoms with Gasteiger partial charge in [0, 0.05) is 24.1 Å². The highest BCUT2D eigenvalue weighted by Gasteiger charge is 2.12. The van der Waals surface area contributed by atoms with Gasteiger partial charge in [0.05, 0.1) is 15.7 Å². The summed E-state index contributed by atoms with van der Waals surface area (Å²) in [6.07, 6.45) is 1.65. The Morgan fingerprint density at radius 2 is 1.75 bits per heavy atom. The largest absolute Gasteiger partial charge is 0.338 e. The quantitative estimate of drug-likeness (QED) is 0.567. The van der Waals surface area contributed by atoms with Crippen molar-refractivity contribution in [2.75, 3.05) is 17.2 Å². The maximum atomic E-state index is 12.5. The van der Waals surface area contributed by atoms with E-state index in [2.05, 4.69) is 21.0 Å². The standard InChI is InChI=1S/C19H17Cl2N5O2/c1-2-22-19(28)24-13-5-3-4-12(10-13)23-18(27)17-8-9-26(25-17)14-6-7-15(20)16(21)11-14/h3-11H,2H2,1H3,(H,23,27)(H2,22,24,28). The molecule has 0 aliphatic rings. The van der Waals surface area contributed by atoms with Gasteiger partial charge in [0.15, 0.2) is 5.69 Å². The average Bonchev–Trinajstić information content (AvgIpc) is 3.15. The molecule has 2 aromatic carbocycles. The van der Waals surface area contributed by atoms with Crippen LogP contribution in [0.3, 0.4) is 0 Å². The molecule has 1 aromatic heterocycles. The molecule has 7 nitrogen and oxygen atoms in total. The number of anilines is 2. The van der Waals surface area contributed by atoms with Crippen LogP contribution < -0.4 is 16.0 Å². The van der Waals surface area contributed by atoms with Crippen LogP contribution in [-0.2, 0) is 0 Å². The molecule has 0 unspecified atom stereocenters. The van der Waals surface area contributed by atoms with E-state index in [1.54, 1.807) is 54.7 Å². The number of hydrogen-bond acceptors (Lipinski definition) is 3. The summed E-state index contributed by atoms with van der Waals surface area (Å²) in [5.74, 6) is -0.381. The van der Waals surface area contributed by atoms with E-state index in [-0.39, 0.29) is 17.6 Å². The smallest absolute Gasteiger partial charge is 0.319 e. The molecule has 0 aliphatic carbocycles. The van der Waals surface area contributed by atoms with E-state index in [4.69, 9.17) is 23.2 Å². The Bertz CT molecular complexity index is 1020. The average molecular weight is 418 g/mol. The van der Waals surface area contributed by atoms with Crippen LogP contribution in [0.5, 0.6) is 0 Å². The molecular formula is C19H17Cl2N5O2. The highest BCUT2D eigenvalue weighted by molar-refractivity contribution is 6.42. The van der Waals surface area contributed by atoms with Crippen molar-refractivity contribution in [2.24, 2.45) is 0 Å². The highest BCUT2D eigenvalue weighted by Crippen LogP contribution is 2.24. The first kappa shape index (κ1) is 19.7. The van der Waals surface area contributed by atoms with Crippen LogP contribution in [0.1, 0.15) is 17.4 Å². The molecule has 3 rings (SSSR count). The summed E-state index contributed by atoms with van der Waals surface area (Å²) in [6.45, 7) is 2.34. The third-order valence-corrected chi connectivity index (χ3v) is 4.44. The minimum Gasteiger partial charge on any atom is -0.338 e. The van der Waals surface area contributed by atoms with Gasteiger partial charge in [-0.1, -0.05) is 29.3 Å². The molecule has 9 heteroatoms. The zero-order valence-electron chi connectivity index (χ0n) is 14.9. The first-order chi connectivity index (χ1) is 13.5. The number of urea groups is 1. The first-order valence-corrected chi connectivity index (χ1v) is 9.19. The number of nitrogens with zero attached hydrogens (tertiary/aromatic N) is 2. The zero-order valence-corrected chi connectivity index (χ0v) is 16.4. The summed E-state index contributed by atoms with van der Waals surface area (Å²) in [7, 11) is 0. The van der Waals surface area contributed by atoms with Gasteiger partial charge in [-0.3, -0.25) is 4.79 Å². The molecule has 3 aromatic rings. The summed E-state index contributed by atoms with van der Waals surface area (Å²) in [6, 6.07) is 13.2. The molecule has 0 fully saturated rings. The zero-order chi connectivity index (χ0) is 20.1. The molecule has 0 bridgehead atoms. The number of aromatic nitrogens is 2. The second-order valence-corrected chi connectivity index (χ2v) is 6.58. The van der Waals surface area contributed by atoms with E-state index in [0.717, 1.165) is 0 Å². The van der Waals surface area contributed by atoms with Crippen molar-refractivity contribution >= 4 is 46.5 Å². The van der Waals surface area contributed by atoms with E-state index in [9.17, 15) is 9.59 Å². The molecule has 0 aliphatic heterocycles. The number of hydrogen-bond donors (Lipinski definition) is 3. The predicted molar refractivity (Wildman–Crippen MR) is 111 cm³/mol. The van der Waals surface area contributed by atoms with Crippen LogP contribution in [0.15, 0.2) is 54.7 Å². The van der Waals surface area contributed by atoms with Crippen LogP contribution in [0.25, 0.3) is 5.69 Å². The molecule has 0 radical (unpaired) electrons. The summed E-state index contributed by atoms with van der Waals surface area (Å²) in [5.41, 5.74) is 2.00. The van der Waals surface area contributed by atoms with Crippen LogP contribution in [0, 0.1) is 0 Å². The van der Waals surface area contributed by atoms with Crippen molar-refractivity contribution in [3.8, 4) is 5.69 Å². The fraction of sp³-hybridized carbons (Fsp3) is 0.105. The molecule has 1 heterocycles. The Morgan fingerprint density at radius 3 is 2.46 bits per heavy atom. The lowest BCUT2D eigenvalue weighted by atomic mass is 10.2. The summed E-state index contributed by atoms with van der Waals surface area (Å²) >= 11 is 11.9. The number of nitrogens with one attached hydrogen (secondary N) is 3. The molecular weight excluding hydrogens is 401 g/mol. The topological polar surface area (TPSA) is 88.0 Å². The third-order valence-electron chi connectivity index (χ3n) is 3.71. The van der Waals surface area contributed by atoms with E-state index in [1.807, 2.05) is 6.92 Å². The fourth-order valence-corrected chi connectivity index (χ4v) is 2.71. The van der Waals surface area contributed by atoms with Gasteiger partial charge in [-0.2, -0.15) is 5.10 Å². The Labute approximate surface area is 171 Å². The molecule has 0 atom stereocenters. The van der Waals surface area contributed by atoms with Crippen molar-refractivity contribution in [1.82, 2.24) is 15.1 Å². The minimum absolute atomic E-state index is 0.230. The molecule has 0 spiro atoms. The summed E-state index contributed by atoms with van der Waals surface area (Å²) in [4.78, 5) is 24.1. The van der Waals surface area contributed by atoms with E-state index >= 15 is 0 Å². The Morgan fingerprint density at radius 1 is 1.00 bits per heavy atom. The van der Waals surface area contributed by atoms with Crippen LogP contribution in [0.2, 0.25) is 10.0 Å². The lowest BCUT2D eigenvalue weighted by Crippen LogP contribution is -2.28. The van der Waals surface area contributed by atoms with Gasteiger partial charge in [0.25, 0.3) is 5.91 Å². The van der Waals surface area contributed by atoms with Crippen molar-refractivity contribution in [3.63, 3.8) is 0 Å². The van der Waals surface area contributed by atoms with E-state index < -0.39 is 0 Å². The van der Waals surface area contributed by atoms with Gasteiger partial charge >= 0.3 is 6.03 Å². The number of halogens is 2. The molecule has 28 heavy (non-hydrogen) atoms. The van der Waals surface area contributed by atoms with Gasteiger partial charge in [-0.15, -0.1) is 0 Å². The molecule has 0 saturated carbocycles. The summed E-state index contributed by atoms with van der Waals surface area (Å²) in [5, 5.41) is 13.2. The number of benzene rings is 2. The lowest BCUT2D eigenvalue weighted by Gasteiger charge is -2.08. The normalized spacial score (nSPS) is 10.4. The highest BCUT2D eigenvalue weighted by atomic mass is 35.5. The second-order valence-electron chi connectivity index (χ2n) is 5.76. The van der Waals surface area contributed by atoms with E-state index in [0.29, 0.717) is 33.7 Å². The van der Waals surface area contributed by atoms with Crippen molar-refractivity contribution in [1.29, 1.82) is 0 Å². The molecule has 0 saturated heterocycles. The van der Waals surface area contributed by atoms with Gasteiger partial charge < -0.3 is 16.0 Å². The Kier molecular flexibility index (Phi) is 6.18. The number of carbonyl (C=O) groups is 2. The fourth-order valence-electron chi connectivity index (χ4n) is 2.42. The predicted octanol–water partition coefficient (Wildman–Crippen LogP) is 4.57. The maximum Gasteiger partial charge on any atom is 0.319 e. The molecule has 3 N–H and O–H groups in total. The van der Waals surface area contributed by atoms with Crippen molar-refractivity contribution in [3.05, 3.63) is 70.5 Å². The van der Waals surface area contributed by atoms with Crippen molar-refractivity contribution < 1.29 is 9.59 Å². The van der Waals surface area contributed by atoms with Gasteiger partial charge in [0.1, 0.15) is 0 Å². The van der Waals surface area contributed by atoms with Crippen LogP contribution in [-0.4, -0.2) is 28.3 Å². The second kappa shape index (κ2) is 8.77. The Balaban J connectivity index is 1.71. The summed E-state index contributed by atoms with van der Waals surface area (Å²) < 4.78 is 1.53. The monoisotopic (exact) mass is 417 g/mol. The number of carbonyl (C=O) groups excluding carboxylic acids is 2. The number of amides is 3. The molecule has 144 valence electrons. The van der Waals surface area contributed by atoms with Gasteiger partial charge in [0.2, 0.25) is 0 Å². The lowest BCUT2D eigenvalue weighted by molar-refractivity contribution is 0.102. The minimum atomic E-state index is -0.381. The third kappa shape index (κ3) is 4.82. The van der Waals surface area contributed by atoms with Gasteiger partial charge in [-0.25, -0.2) is 9.48 Å². The molecule has 3 amide bonds. The Hall–Kier alpha value is -3.03. The SMILES string of the molecule is CCNC(=O)Nc1cccc(NC(=O)c2ccn(-c3ccc(Cl)c(Cl)c3)n2)c1.